The number of carbonyl (C=O) groups is 1. The molecule has 0 radical (unpaired) electrons. The van der Waals surface area contributed by atoms with Crippen molar-refractivity contribution in [2.24, 2.45) is 0 Å². The summed E-state index contributed by atoms with van der Waals surface area (Å²) in [5.41, 5.74) is 1.51. The molecule has 2 heterocycles. The van der Waals surface area contributed by atoms with E-state index >= 15 is 0 Å². The Hall–Kier alpha value is -2.50. The number of aromatic nitrogens is 3. The van der Waals surface area contributed by atoms with Crippen LogP contribution in [0.5, 0.6) is 5.88 Å². The fourth-order valence-corrected chi connectivity index (χ4v) is 1.63. The van der Waals surface area contributed by atoms with Crippen LogP contribution in [-0.4, -0.2) is 33.1 Å². The standard InChI is InChI=1S/C13H13N3O3/c1-8-10(13(17)18)7-14-11(16-8)5-9-3-4-12(19-2)15-6-9/h3-4,6-7H,5H2,1-2H3,(H,17,18). The van der Waals surface area contributed by atoms with Gasteiger partial charge in [-0.15, -0.1) is 0 Å². The molecule has 1 N–H and O–H groups in total. The molecule has 0 saturated carbocycles. The van der Waals surface area contributed by atoms with Crippen LogP contribution in [0.2, 0.25) is 0 Å². The van der Waals surface area contributed by atoms with Crippen LogP contribution >= 0.6 is 0 Å². The van der Waals surface area contributed by atoms with E-state index in [-0.39, 0.29) is 5.56 Å². The lowest BCUT2D eigenvalue weighted by molar-refractivity contribution is 0.0695. The minimum absolute atomic E-state index is 0.122. The van der Waals surface area contributed by atoms with Gasteiger partial charge in [0.15, 0.2) is 0 Å². The summed E-state index contributed by atoms with van der Waals surface area (Å²) in [6.07, 6.45) is 3.51. The van der Waals surface area contributed by atoms with E-state index in [4.69, 9.17) is 9.84 Å². The zero-order valence-electron chi connectivity index (χ0n) is 10.6. The number of methoxy groups -OCH3 is 1. The highest BCUT2D eigenvalue weighted by Crippen LogP contribution is 2.11. The maximum Gasteiger partial charge on any atom is 0.339 e. The summed E-state index contributed by atoms with van der Waals surface area (Å²) in [6.45, 7) is 1.65. The molecule has 0 saturated heterocycles. The molecule has 0 unspecified atom stereocenters. The van der Waals surface area contributed by atoms with Gasteiger partial charge in [-0.1, -0.05) is 6.07 Å². The number of rotatable bonds is 4. The molecule has 2 aromatic rings. The van der Waals surface area contributed by atoms with E-state index in [1.807, 2.05) is 6.07 Å². The second-order valence-corrected chi connectivity index (χ2v) is 3.98. The SMILES string of the molecule is COc1ccc(Cc2ncc(C(=O)O)c(C)n2)cn1. The van der Waals surface area contributed by atoms with Crippen molar-refractivity contribution in [2.45, 2.75) is 13.3 Å². The van der Waals surface area contributed by atoms with Crippen LogP contribution in [0.3, 0.4) is 0 Å². The Bertz CT molecular complexity index is 597. The third-order valence-corrected chi connectivity index (χ3v) is 2.63. The van der Waals surface area contributed by atoms with Crippen molar-refractivity contribution in [3.8, 4) is 5.88 Å². The van der Waals surface area contributed by atoms with Crippen LogP contribution in [0.25, 0.3) is 0 Å². The third kappa shape index (κ3) is 3.04. The molecular weight excluding hydrogens is 246 g/mol. The third-order valence-electron chi connectivity index (χ3n) is 2.63. The molecule has 2 rings (SSSR count). The van der Waals surface area contributed by atoms with Crippen LogP contribution < -0.4 is 4.74 Å². The molecule has 0 fully saturated rings. The largest absolute Gasteiger partial charge is 0.481 e. The van der Waals surface area contributed by atoms with Crippen LogP contribution in [0.15, 0.2) is 24.5 Å². The van der Waals surface area contributed by atoms with Crippen molar-refractivity contribution >= 4 is 5.97 Å². The molecule has 0 aliphatic rings. The lowest BCUT2D eigenvalue weighted by atomic mass is 10.2. The topological polar surface area (TPSA) is 85.2 Å². The molecule has 6 heteroatoms. The summed E-state index contributed by atoms with van der Waals surface area (Å²) < 4.78 is 4.97. The number of hydrogen-bond donors (Lipinski definition) is 1. The Morgan fingerprint density at radius 1 is 1.32 bits per heavy atom. The highest BCUT2D eigenvalue weighted by atomic mass is 16.5. The van der Waals surface area contributed by atoms with Gasteiger partial charge < -0.3 is 9.84 Å². The van der Waals surface area contributed by atoms with Crippen molar-refractivity contribution < 1.29 is 14.6 Å². The molecule has 0 amide bonds. The quantitative estimate of drug-likeness (QED) is 0.895. The molecule has 98 valence electrons. The lowest BCUT2D eigenvalue weighted by Gasteiger charge is -2.04. The van der Waals surface area contributed by atoms with Gasteiger partial charge in [0.2, 0.25) is 5.88 Å². The molecule has 0 aliphatic carbocycles. The van der Waals surface area contributed by atoms with E-state index in [1.165, 1.54) is 6.20 Å². The molecule has 2 aromatic heterocycles. The van der Waals surface area contributed by atoms with Crippen LogP contribution in [-0.2, 0) is 6.42 Å². The van der Waals surface area contributed by atoms with Gasteiger partial charge in [0.1, 0.15) is 5.82 Å². The Labute approximate surface area is 110 Å². The van der Waals surface area contributed by atoms with Crippen LogP contribution in [0, 0.1) is 6.92 Å². The molecule has 6 nitrogen and oxygen atoms in total. The Morgan fingerprint density at radius 3 is 2.63 bits per heavy atom. The van der Waals surface area contributed by atoms with Gasteiger partial charge in [-0.05, 0) is 12.5 Å². The summed E-state index contributed by atoms with van der Waals surface area (Å²) in [7, 11) is 1.55. The van der Waals surface area contributed by atoms with E-state index in [9.17, 15) is 4.79 Å². The van der Waals surface area contributed by atoms with E-state index in [0.29, 0.717) is 23.8 Å². The summed E-state index contributed by atoms with van der Waals surface area (Å²) in [4.78, 5) is 23.2. The fourth-order valence-electron chi connectivity index (χ4n) is 1.63. The summed E-state index contributed by atoms with van der Waals surface area (Å²) >= 11 is 0. The second-order valence-electron chi connectivity index (χ2n) is 3.98. The number of carboxylic acid groups (broad SMARTS) is 1. The first kappa shape index (κ1) is 12.9. The van der Waals surface area contributed by atoms with Crippen molar-refractivity contribution in [2.75, 3.05) is 7.11 Å². The highest BCUT2D eigenvalue weighted by molar-refractivity contribution is 5.88. The van der Waals surface area contributed by atoms with E-state index in [0.717, 1.165) is 5.56 Å². The zero-order chi connectivity index (χ0) is 13.8. The number of carboxylic acids is 1. The van der Waals surface area contributed by atoms with Gasteiger partial charge in [0.25, 0.3) is 0 Å². The number of hydrogen-bond acceptors (Lipinski definition) is 5. The van der Waals surface area contributed by atoms with Crippen molar-refractivity contribution in [3.05, 3.63) is 47.2 Å². The first-order chi connectivity index (χ1) is 9.10. The van der Waals surface area contributed by atoms with Crippen molar-refractivity contribution in [3.63, 3.8) is 0 Å². The maximum absolute atomic E-state index is 10.9. The normalized spacial score (nSPS) is 10.2. The molecule has 0 atom stereocenters. The molecule has 19 heavy (non-hydrogen) atoms. The second kappa shape index (κ2) is 5.43. The van der Waals surface area contributed by atoms with Gasteiger partial charge in [-0.2, -0.15) is 0 Å². The van der Waals surface area contributed by atoms with Gasteiger partial charge in [0, 0.05) is 24.9 Å². The summed E-state index contributed by atoms with van der Waals surface area (Å²) in [5, 5.41) is 8.90. The average Bonchev–Trinajstić information content (AvgIpc) is 2.39. The van der Waals surface area contributed by atoms with E-state index in [2.05, 4.69) is 15.0 Å². The highest BCUT2D eigenvalue weighted by Gasteiger charge is 2.10. The molecule has 0 aromatic carbocycles. The summed E-state index contributed by atoms with van der Waals surface area (Å²) in [5.74, 6) is 0.0895. The predicted molar refractivity (Wildman–Crippen MR) is 67.3 cm³/mol. The van der Waals surface area contributed by atoms with E-state index < -0.39 is 5.97 Å². The molecular formula is C13H13N3O3. The number of nitrogens with zero attached hydrogens (tertiary/aromatic N) is 3. The summed E-state index contributed by atoms with van der Waals surface area (Å²) in [6, 6.07) is 3.63. The first-order valence-electron chi connectivity index (χ1n) is 5.65. The van der Waals surface area contributed by atoms with Crippen LogP contribution in [0.4, 0.5) is 0 Å². The average molecular weight is 259 g/mol. The van der Waals surface area contributed by atoms with Crippen molar-refractivity contribution in [1.82, 2.24) is 15.0 Å². The number of aryl methyl sites for hydroxylation is 1. The van der Waals surface area contributed by atoms with Gasteiger partial charge >= 0.3 is 5.97 Å². The number of aromatic carboxylic acids is 1. The van der Waals surface area contributed by atoms with Gasteiger partial charge in [-0.25, -0.2) is 19.7 Å². The lowest BCUT2D eigenvalue weighted by Crippen LogP contribution is -2.06. The Kier molecular flexibility index (Phi) is 3.70. The monoisotopic (exact) mass is 259 g/mol. The zero-order valence-corrected chi connectivity index (χ0v) is 10.6. The molecule has 0 aliphatic heterocycles. The van der Waals surface area contributed by atoms with Gasteiger partial charge in [0.05, 0.1) is 18.4 Å². The van der Waals surface area contributed by atoms with Crippen LogP contribution in [0.1, 0.15) is 27.4 Å². The number of pyridine rings is 1. The Morgan fingerprint density at radius 2 is 2.11 bits per heavy atom. The minimum Gasteiger partial charge on any atom is -0.481 e. The fraction of sp³-hybridized carbons (Fsp3) is 0.231. The smallest absolute Gasteiger partial charge is 0.339 e. The number of ether oxygens (including phenoxy) is 1. The first-order valence-corrected chi connectivity index (χ1v) is 5.65. The minimum atomic E-state index is -1.02. The predicted octanol–water partition coefficient (Wildman–Crippen LogP) is 1.48. The molecule has 0 spiro atoms. The van der Waals surface area contributed by atoms with E-state index in [1.54, 1.807) is 26.3 Å². The maximum atomic E-state index is 10.9. The van der Waals surface area contributed by atoms with Crippen molar-refractivity contribution in [1.29, 1.82) is 0 Å². The van der Waals surface area contributed by atoms with Gasteiger partial charge in [-0.3, -0.25) is 0 Å². The molecule has 0 bridgehead atoms. The Balaban J connectivity index is 2.18.